The van der Waals surface area contributed by atoms with Gasteiger partial charge in [-0.1, -0.05) is 0 Å². The smallest absolute Gasteiger partial charge is 0.415 e. The highest BCUT2D eigenvalue weighted by Crippen LogP contribution is 2.61. The molecule has 4 rings (SSSR count). The Kier molecular flexibility index (Phi) is 5.46. The van der Waals surface area contributed by atoms with Crippen LogP contribution in [0, 0.1) is 17.3 Å². The van der Waals surface area contributed by atoms with Crippen molar-refractivity contribution >= 4 is 24.0 Å². The topological polar surface area (TPSA) is 114 Å². The van der Waals surface area contributed by atoms with Gasteiger partial charge in [0, 0.05) is 0 Å². The zero-order valence-corrected chi connectivity index (χ0v) is 14.6. The monoisotopic (exact) mass is 397 g/mol. The van der Waals surface area contributed by atoms with E-state index in [1.54, 1.807) is 0 Å². The molecule has 8 nitrogen and oxygen atoms in total. The van der Waals surface area contributed by atoms with Gasteiger partial charge in [-0.05, 0) is 50.4 Å². The van der Waals surface area contributed by atoms with E-state index in [0.29, 0.717) is 43.9 Å². The minimum absolute atomic E-state index is 0.297. The molecule has 2 atom stereocenters. The van der Waals surface area contributed by atoms with E-state index in [0.717, 1.165) is 6.42 Å². The van der Waals surface area contributed by atoms with Crippen molar-refractivity contribution in [1.29, 1.82) is 0 Å². The van der Waals surface area contributed by atoms with Crippen LogP contribution in [-0.2, 0) is 28.4 Å². The van der Waals surface area contributed by atoms with Gasteiger partial charge in [0.1, 0.15) is 25.3 Å². The third-order valence-corrected chi connectivity index (χ3v) is 5.92. The maximum Gasteiger partial charge on any atom is 0.415 e. The zero-order chi connectivity index (χ0) is 19.0. The molecule has 0 amide bonds. The second-order valence-electron chi connectivity index (χ2n) is 7.47. The van der Waals surface area contributed by atoms with Gasteiger partial charge < -0.3 is 19.8 Å². The first-order valence-corrected chi connectivity index (χ1v) is 9.01. The summed E-state index contributed by atoms with van der Waals surface area (Å²) in [4.78, 5) is 23.7. The lowest BCUT2D eigenvalue weighted by atomic mass is 9.48. The molecule has 148 valence electrons. The number of hydrogen-bond acceptors (Lipinski definition) is 9. The summed E-state index contributed by atoms with van der Waals surface area (Å²) >= 11 is -0.789. The fraction of sp³-hybridized carbons (Fsp3) is 0.867. The minimum atomic E-state index is -4.13. The Morgan fingerprint density at radius 1 is 1.15 bits per heavy atom. The fourth-order valence-electron chi connectivity index (χ4n) is 5.05. The predicted molar refractivity (Wildman–Crippen MR) is 78.7 cm³/mol. The number of carbonyl (C=O) groups is 2. The third-order valence-electron chi connectivity index (χ3n) is 5.42. The van der Waals surface area contributed by atoms with Crippen LogP contribution in [0.3, 0.4) is 0 Å². The summed E-state index contributed by atoms with van der Waals surface area (Å²) in [7, 11) is 0. The summed E-state index contributed by atoms with van der Waals surface area (Å²) in [5.41, 5.74) is -1.56. The van der Waals surface area contributed by atoms with Gasteiger partial charge in [-0.15, -0.1) is 0 Å². The molecule has 0 spiro atoms. The highest BCUT2D eigenvalue weighted by Gasteiger charge is 2.60. The van der Waals surface area contributed by atoms with Gasteiger partial charge >= 0.3 is 17.2 Å². The van der Waals surface area contributed by atoms with Crippen LogP contribution in [-0.4, -0.2) is 41.1 Å². The molecule has 2 unspecified atom stereocenters. The van der Waals surface area contributed by atoms with Gasteiger partial charge in [0.05, 0.1) is 11.0 Å². The van der Waals surface area contributed by atoms with Crippen molar-refractivity contribution in [3.05, 3.63) is 0 Å². The van der Waals surface area contributed by atoms with E-state index in [9.17, 15) is 28.7 Å². The molecule has 0 aromatic heterocycles. The van der Waals surface area contributed by atoms with E-state index in [2.05, 4.69) is 14.1 Å². The standard InChI is InChI=1S/C15H20F2O8S/c16-15(17,26-25-24-21)12(19)23-2-1-22-11(18)13-4-9-3-10(5-13)7-14(20,6-9)8-13/h9-10,20-21H,1-8H2/p-1. The van der Waals surface area contributed by atoms with Crippen molar-refractivity contribution in [2.45, 2.75) is 49.4 Å². The Morgan fingerprint density at radius 3 is 2.35 bits per heavy atom. The van der Waals surface area contributed by atoms with Crippen molar-refractivity contribution in [2.75, 3.05) is 13.2 Å². The number of alkyl halides is 2. The molecular formula is C15H19F2O8S-. The lowest BCUT2D eigenvalue weighted by molar-refractivity contribution is -0.777. The summed E-state index contributed by atoms with van der Waals surface area (Å²) in [6.07, 6.45) is 4.09. The average molecular weight is 397 g/mol. The number of ether oxygens (including phenoxy) is 2. The van der Waals surface area contributed by atoms with Crippen molar-refractivity contribution in [2.24, 2.45) is 17.3 Å². The van der Waals surface area contributed by atoms with Crippen molar-refractivity contribution in [3.8, 4) is 0 Å². The fourth-order valence-corrected chi connectivity index (χ4v) is 5.29. The summed E-state index contributed by atoms with van der Waals surface area (Å²) in [5, 5.41) is 18.7. The van der Waals surface area contributed by atoms with E-state index >= 15 is 0 Å². The number of carbonyl (C=O) groups excluding carboxylic acids is 2. The molecule has 4 bridgehead atoms. The average Bonchev–Trinajstić information content (AvgIpc) is 2.54. The van der Waals surface area contributed by atoms with E-state index in [1.807, 2.05) is 0 Å². The second kappa shape index (κ2) is 7.19. The summed E-state index contributed by atoms with van der Waals surface area (Å²) < 4.78 is 39.2. The molecule has 4 saturated carbocycles. The number of aliphatic hydroxyl groups is 1. The lowest BCUT2D eigenvalue weighted by Gasteiger charge is -2.58. The van der Waals surface area contributed by atoms with Crippen LogP contribution in [0.2, 0.25) is 0 Å². The Labute approximate surface area is 152 Å². The van der Waals surface area contributed by atoms with Gasteiger partial charge in [0.15, 0.2) is 0 Å². The van der Waals surface area contributed by atoms with E-state index in [1.165, 1.54) is 0 Å². The molecule has 26 heavy (non-hydrogen) atoms. The maximum atomic E-state index is 13.1. The minimum Gasteiger partial charge on any atom is -0.691 e. The molecule has 0 aliphatic heterocycles. The molecule has 1 N–H and O–H groups in total. The summed E-state index contributed by atoms with van der Waals surface area (Å²) in [6, 6.07) is 0. The van der Waals surface area contributed by atoms with E-state index < -0.39 is 46.9 Å². The first-order valence-electron chi connectivity index (χ1n) is 8.27. The Hall–Kier alpha value is -1.01. The summed E-state index contributed by atoms with van der Waals surface area (Å²) in [5.74, 6) is -1.83. The van der Waals surface area contributed by atoms with E-state index in [4.69, 9.17) is 4.74 Å². The number of esters is 2. The van der Waals surface area contributed by atoms with Crippen molar-refractivity contribution in [1.82, 2.24) is 0 Å². The molecule has 4 fully saturated rings. The normalized spacial score (nSPS) is 35.4. The largest absolute Gasteiger partial charge is 0.691 e. The second-order valence-corrected chi connectivity index (χ2v) is 8.29. The Bertz CT molecular complexity index is 558. The molecule has 0 radical (unpaired) electrons. The van der Waals surface area contributed by atoms with Crippen LogP contribution in [0.25, 0.3) is 0 Å². The number of halogens is 2. The SMILES string of the molecule is O=C(OCCOC(=O)C(F)(F)SOO[O-])C12CC3CC(CC(O)(C3)C1)C2. The lowest BCUT2D eigenvalue weighted by Crippen LogP contribution is -2.58. The summed E-state index contributed by atoms with van der Waals surface area (Å²) in [6.45, 7) is -0.939. The van der Waals surface area contributed by atoms with Crippen LogP contribution in [0.5, 0.6) is 0 Å². The van der Waals surface area contributed by atoms with Crippen LogP contribution < -0.4 is 5.26 Å². The van der Waals surface area contributed by atoms with Gasteiger partial charge in [0.2, 0.25) is 0 Å². The number of hydrogen-bond donors (Lipinski definition) is 1. The molecule has 4 aliphatic rings. The molecule has 0 aromatic carbocycles. The molecular weight excluding hydrogens is 378 g/mol. The molecule has 0 aromatic rings. The predicted octanol–water partition coefficient (Wildman–Crippen LogP) is 0.869. The molecule has 4 aliphatic carbocycles. The van der Waals surface area contributed by atoms with Crippen molar-refractivity contribution < 1.29 is 47.6 Å². The zero-order valence-electron chi connectivity index (χ0n) is 13.8. The Morgan fingerprint density at radius 2 is 1.77 bits per heavy atom. The van der Waals surface area contributed by atoms with Gasteiger partial charge in [-0.25, -0.2) is 4.79 Å². The molecule has 0 saturated heterocycles. The highest BCUT2D eigenvalue weighted by molar-refractivity contribution is 7.96. The van der Waals surface area contributed by atoms with Gasteiger partial charge in [0.25, 0.3) is 0 Å². The first kappa shape index (κ1) is 19.7. The van der Waals surface area contributed by atoms with E-state index in [-0.39, 0.29) is 6.61 Å². The first-order chi connectivity index (χ1) is 12.2. The quantitative estimate of drug-likeness (QED) is 0.209. The molecule has 0 heterocycles. The van der Waals surface area contributed by atoms with Gasteiger partial charge in [-0.3, -0.25) is 9.83 Å². The molecule has 11 heteroatoms. The van der Waals surface area contributed by atoms with Crippen LogP contribution in [0.1, 0.15) is 38.5 Å². The highest BCUT2D eigenvalue weighted by atomic mass is 32.2. The maximum absolute atomic E-state index is 13.1. The third kappa shape index (κ3) is 3.96. The van der Waals surface area contributed by atoms with Crippen molar-refractivity contribution in [3.63, 3.8) is 0 Å². The van der Waals surface area contributed by atoms with Crippen LogP contribution >= 0.6 is 12.0 Å². The van der Waals surface area contributed by atoms with Crippen LogP contribution in [0.15, 0.2) is 0 Å². The van der Waals surface area contributed by atoms with Gasteiger partial charge in [-0.2, -0.15) is 13.1 Å². The number of rotatable bonds is 8. The Balaban J connectivity index is 1.46. The van der Waals surface area contributed by atoms with Crippen LogP contribution in [0.4, 0.5) is 8.78 Å².